The highest BCUT2D eigenvalue weighted by Gasteiger charge is 2.49. The van der Waals surface area contributed by atoms with Gasteiger partial charge in [0.1, 0.15) is 12.7 Å². The van der Waals surface area contributed by atoms with Gasteiger partial charge in [-0.1, -0.05) is 22.8 Å². The fourth-order valence-corrected chi connectivity index (χ4v) is 4.02. The SMILES string of the molecule is Clc1cccc2c1-n1cncc1C[N+]1(c3nc(C4CC4)no3)C=CN=C21. The van der Waals surface area contributed by atoms with E-state index in [0.29, 0.717) is 23.5 Å². The molecule has 4 heterocycles. The molecule has 26 heavy (non-hydrogen) atoms. The second kappa shape index (κ2) is 4.90. The quantitative estimate of drug-likeness (QED) is 0.651. The van der Waals surface area contributed by atoms with Gasteiger partial charge in [-0.3, -0.25) is 9.09 Å². The predicted octanol–water partition coefficient (Wildman–Crippen LogP) is 3.54. The van der Waals surface area contributed by atoms with Crippen LogP contribution >= 0.6 is 11.6 Å². The number of halogens is 1. The number of nitrogens with zero attached hydrogens (tertiary/aromatic N) is 6. The molecule has 0 saturated heterocycles. The van der Waals surface area contributed by atoms with Crippen LogP contribution in [0.3, 0.4) is 0 Å². The molecule has 3 aliphatic rings. The van der Waals surface area contributed by atoms with Gasteiger partial charge < -0.3 is 0 Å². The molecule has 128 valence electrons. The van der Waals surface area contributed by atoms with E-state index in [-0.39, 0.29) is 4.48 Å². The van der Waals surface area contributed by atoms with E-state index in [9.17, 15) is 0 Å². The third kappa shape index (κ3) is 1.81. The fourth-order valence-electron chi connectivity index (χ4n) is 3.76. The number of amidine groups is 1. The monoisotopic (exact) mass is 365 g/mol. The number of rotatable bonds is 2. The first kappa shape index (κ1) is 14.4. The molecule has 0 N–H and O–H groups in total. The van der Waals surface area contributed by atoms with Gasteiger partial charge in [-0.2, -0.15) is 9.48 Å². The number of hydrogen-bond acceptors (Lipinski definition) is 5. The molecular formula is C18H14ClN6O+. The summed E-state index contributed by atoms with van der Waals surface area (Å²) in [6.45, 7) is 0.576. The van der Waals surface area contributed by atoms with Gasteiger partial charge in [0, 0.05) is 5.92 Å². The van der Waals surface area contributed by atoms with Crippen molar-refractivity contribution in [2.75, 3.05) is 0 Å². The lowest BCUT2D eigenvalue weighted by atomic mass is 10.1. The number of aromatic nitrogens is 4. The molecule has 1 aliphatic carbocycles. The van der Waals surface area contributed by atoms with E-state index < -0.39 is 0 Å². The van der Waals surface area contributed by atoms with Crippen molar-refractivity contribution in [3.05, 3.63) is 65.2 Å². The maximum absolute atomic E-state index is 6.55. The molecule has 1 fully saturated rings. The first-order valence-electron chi connectivity index (χ1n) is 8.55. The molecule has 1 saturated carbocycles. The van der Waals surface area contributed by atoms with E-state index in [0.717, 1.165) is 41.4 Å². The summed E-state index contributed by atoms with van der Waals surface area (Å²) in [5, 5.41) is 4.87. The maximum atomic E-state index is 6.55. The van der Waals surface area contributed by atoms with E-state index in [1.54, 1.807) is 12.5 Å². The van der Waals surface area contributed by atoms with Gasteiger partial charge in [0.2, 0.25) is 0 Å². The van der Waals surface area contributed by atoms with Gasteiger partial charge in [-0.25, -0.2) is 4.98 Å². The lowest BCUT2D eigenvalue weighted by Gasteiger charge is -2.24. The topological polar surface area (TPSA) is 69.1 Å². The van der Waals surface area contributed by atoms with E-state index in [1.807, 2.05) is 35.2 Å². The van der Waals surface area contributed by atoms with Crippen LogP contribution in [0.4, 0.5) is 6.01 Å². The highest BCUT2D eigenvalue weighted by molar-refractivity contribution is 6.33. The molecule has 1 aromatic carbocycles. The van der Waals surface area contributed by atoms with Crippen LogP contribution in [0.15, 0.2) is 52.6 Å². The summed E-state index contributed by atoms with van der Waals surface area (Å²) >= 11 is 6.55. The van der Waals surface area contributed by atoms with Crippen molar-refractivity contribution in [1.82, 2.24) is 24.2 Å². The zero-order valence-electron chi connectivity index (χ0n) is 13.7. The Morgan fingerprint density at radius 2 is 2.19 bits per heavy atom. The van der Waals surface area contributed by atoms with E-state index in [4.69, 9.17) is 21.1 Å². The summed E-state index contributed by atoms with van der Waals surface area (Å²) in [6.07, 6.45) is 9.68. The van der Waals surface area contributed by atoms with E-state index >= 15 is 0 Å². The van der Waals surface area contributed by atoms with Crippen molar-refractivity contribution in [2.24, 2.45) is 4.99 Å². The molecule has 7 nitrogen and oxygen atoms in total. The summed E-state index contributed by atoms with van der Waals surface area (Å²) in [5.74, 6) is 2.05. The Labute approximate surface area is 153 Å². The van der Waals surface area contributed by atoms with Gasteiger partial charge >= 0.3 is 6.01 Å². The predicted molar refractivity (Wildman–Crippen MR) is 96.0 cm³/mol. The minimum atomic E-state index is 0.249. The second-order valence-electron chi connectivity index (χ2n) is 6.88. The Morgan fingerprint density at radius 3 is 3.08 bits per heavy atom. The number of benzene rings is 1. The highest BCUT2D eigenvalue weighted by atomic mass is 35.5. The molecule has 3 aromatic rings. The Bertz CT molecular complexity index is 1110. The zero-order chi connectivity index (χ0) is 17.3. The molecule has 0 spiro atoms. The fraction of sp³-hybridized carbons (Fsp3) is 0.222. The lowest BCUT2D eigenvalue weighted by molar-refractivity contribution is 0.340. The van der Waals surface area contributed by atoms with Gasteiger partial charge in [-0.15, -0.1) is 4.98 Å². The average molecular weight is 366 g/mol. The first-order valence-corrected chi connectivity index (χ1v) is 8.92. The minimum absolute atomic E-state index is 0.249. The summed E-state index contributed by atoms with van der Waals surface area (Å²) < 4.78 is 7.99. The molecule has 0 bridgehead atoms. The van der Waals surface area contributed by atoms with Gasteiger partial charge in [-0.05, 0) is 25.0 Å². The molecular weight excluding hydrogens is 352 g/mol. The Hall–Kier alpha value is -2.77. The third-order valence-electron chi connectivity index (χ3n) is 5.21. The third-order valence-corrected chi connectivity index (χ3v) is 5.51. The Kier molecular flexibility index (Phi) is 2.71. The number of imidazole rings is 1. The summed E-state index contributed by atoms with van der Waals surface area (Å²) in [7, 11) is 0. The van der Waals surface area contributed by atoms with Crippen molar-refractivity contribution in [3.8, 4) is 5.69 Å². The Morgan fingerprint density at radius 1 is 1.27 bits per heavy atom. The molecule has 6 rings (SSSR count). The first-order chi connectivity index (χ1) is 12.8. The maximum Gasteiger partial charge on any atom is 0.439 e. The zero-order valence-corrected chi connectivity index (χ0v) is 14.5. The van der Waals surface area contributed by atoms with Gasteiger partial charge in [0.15, 0.2) is 5.82 Å². The van der Waals surface area contributed by atoms with Crippen molar-refractivity contribution in [1.29, 1.82) is 0 Å². The summed E-state index contributed by atoms with van der Waals surface area (Å²) in [4.78, 5) is 13.7. The van der Waals surface area contributed by atoms with Crippen LogP contribution in [0.5, 0.6) is 0 Å². The number of aliphatic imine (C=N–C) groups is 1. The van der Waals surface area contributed by atoms with Crippen LogP contribution in [0, 0.1) is 0 Å². The van der Waals surface area contributed by atoms with Crippen LogP contribution in [0.1, 0.15) is 35.8 Å². The second-order valence-corrected chi connectivity index (χ2v) is 7.29. The molecule has 8 heteroatoms. The summed E-state index contributed by atoms with van der Waals surface area (Å²) in [5.41, 5.74) is 2.82. The molecule has 1 atom stereocenters. The van der Waals surface area contributed by atoms with Crippen LogP contribution in [0.25, 0.3) is 5.69 Å². The molecule has 1 unspecified atom stereocenters. The smallest absolute Gasteiger partial charge is 0.295 e. The van der Waals surface area contributed by atoms with Crippen LogP contribution in [0.2, 0.25) is 5.02 Å². The van der Waals surface area contributed by atoms with Crippen molar-refractivity contribution in [2.45, 2.75) is 25.3 Å². The molecule has 2 aliphatic heterocycles. The number of para-hydroxylation sites is 1. The molecule has 2 aromatic heterocycles. The lowest BCUT2D eigenvalue weighted by Crippen LogP contribution is -2.47. The van der Waals surface area contributed by atoms with Crippen molar-refractivity contribution in [3.63, 3.8) is 0 Å². The van der Waals surface area contributed by atoms with E-state index in [2.05, 4.69) is 15.1 Å². The highest BCUT2D eigenvalue weighted by Crippen LogP contribution is 2.42. The van der Waals surface area contributed by atoms with Crippen LogP contribution in [-0.4, -0.2) is 25.5 Å². The minimum Gasteiger partial charge on any atom is -0.295 e. The Balaban J connectivity index is 1.63. The van der Waals surface area contributed by atoms with Crippen molar-refractivity contribution >= 4 is 23.5 Å². The normalized spacial score (nSPS) is 23.2. The number of hydrogen-bond donors (Lipinski definition) is 0. The summed E-state index contributed by atoms with van der Waals surface area (Å²) in [6, 6.07) is 6.36. The largest absolute Gasteiger partial charge is 0.439 e. The van der Waals surface area contributed by atoms with E-state index in [1.165, 1.54) is 0 Å². The molecule has 0 amide bonds. The van der Waals surface area contributed by atoms with Gasteiger partial charge in [0.05, 0.1) is 40.7 Å². The molecule has 0 radical (unpaired) electrons. The van der Waals surface area contributed by atoms with Crippen LogP contribution < -0.4 is 4.48 Å². The number of quaternary nitrogens is 1. The number of fused-ring (bicyclic) bond motifs is 5. The van der Waals surface area contributed by atoms with Crippen molar-refractivity contribution < 1.29 is 4.52 Å². The van der Waals surface area contributed by atoms with Gasteiger partial charge in [0.25, 0.3) is 5.84 Å². The van der Waals surface area contributed by atoms with Crippen LogP contribution in [-0.2, 0) is 6.54 Å². The standard InChI is InChI=1S/C18H14ClN6O/c19-14-3-1-2-13-15(14)24-10-20-8-12(24)9-25(7-6-21-17(13)25)18-22-16(23-26-18)11-4-5-11/h1-3,6-8,10-11H,4-5,9H2/q+1. The average Bonchev–Trinajstić information content (AvgIpc) is 3.07.